The number of anilines is 2. The number of rotatable bonds is 7. The first-order chi connectivity index (χ1) is 17.4. The number of benzene rings is 1. The van der Waals surface area contributed by atoms with Gasteiger partial charge < -0.3 is 14.6 Å². The number of aromatic nitrogens is 4. The molecule has 0 aliphatic carbocycles. The van der Waals surface area contributed by atoms with E-state index < -0.39 is 8.32 Å². The topological polar surface area (TPSA) is 85.2 Å². The van der Waals surface area contributed by atoms with Gasteiger partial charge in [0.15, 0.2) is 8.32 Å². The number of pyridine rings is 1. The predicted molar refractivity (Wildman–Crippen MR) is 151 cm³/mol. The lowest BCUT2D eigenvalue weighted by Crippen LogP contribution is -2.43. The first-order valence-corrected chi connectivity index (χ1v) is 15.9. The SMILES string of the molecule is CC(=O)N1c2ccc(-c3cn(CCO[Si](C)(C)C(C)(C)C)nn3)cc2[C@H](Nc2ccc(C)cn2)C[C@@H]1C. The summed E-state index contributed by atoms with van der Waals surface area (Å²) in [5.74, 6) is 0.865. The summed E-state index contributed by atoms with van der Waals surface area (Å²) >= 11 is 0. The molecule has 1 aromatic carbocycles. The molecule has 3 heterocycles. The van der Waals surface area contributed by atoms with Crippen LogP contribution in [-0.2, 0) is 15.8 Å². The molecule has 37 heavy (non-hydrogen) atoms. The fraction of sp³-hybridized carbons (Fsp3) is 0.500. The average Bonchev–Trinajstić information content (AvgIpc) is 3.28. The number of amides is 1. The normalized spacial score (nSPS) is 18.0. The van der Waals surface area contributed by atoms with Gasteiger partial charge in [0.2, 0.25) is 5.91 Å². The highest BCUT2D eigenvalue weighted by Crippen LogP contribution is 2.41. The molecule has 0 bridgehead atoms. The van der Waals surface area contributed by atoms with Crippen molar-refractivity contribution in [3.8, 4) is 11.3 Å². The third-order valence-electron chi connectivity index (χ3n) is 7.68. The highest BCUT2D eigenvalue weighted by molar-refractivity contribution is 6.74. The molecule has 4 rings (SSSR count). The van der Waals surface area contributed by atoms with E-state index in [9.17, 15) is 4.79 Å². The van der Waals surface area contributed by atoms with Crippen LogP contribution in [0.5, 0.6) is 0 Å². The van der Waals surface area contributed by atoms with Crippen LogP contribution in [0, 0.1) is 6.92 Å². The lowest BCUT2D eigenvalue weighted by Gasteiger charge is -2.39. The molecule has 1 N–H and O–H groups in total. The van der Waals surface area contributed by atoms with E-state index in [1.807, 2.05) is 53.2 Å². The van der Waals surface area contributed by atoms with Gasteiger partial charge in [-0.05, 0) is 67.7 Å². The van der Waals surface area contributed by atoms with Crippen molar-refractivity contribution in [2.24, 2.45) is 0 Å². The monoisotopic (exact) mass is 520 g/mol. The molecule has 8 nitrogen and oxygen atoms in total. The summed E-state index contributed by atoms with van der Waals surface area (Å²) in [7, 11) is -1.80. The highest BCUT2D eigenvalue weighted by Gasteiger charge is 2.37. The van der Waals surface area contributed by atoms with Crippen LogP contribution in [0.3, 0.4) is 0 Å². The van der Waals surface area contributed by atoms with Crippen molar-refractivity contribution in [2.75, 3.05) is 16.8 Å². The fourth-order valence-electron chi connectivity index (χ4n) is 4.52. The highest BCUT2D eigenvalue weighted by atomic mass is 28.4. The minimum absolute atomic E-state index is 0.0174. The summed E-state index contributed by atoms with van der Waals surface area (Å²) in [5.41, 5.74) is 4.87. The molecule has 198 valence electrons. The Balaban J connectivity index is 1.57. The van der Waals surface area contributed by atoms with Crippen molar-refractivity contribution in [1.82, 2.24) is 20.0 Å². The van der Waals surface area contributed by atoms with Crippen molar-refractivity contribution in [2.45, 2.75) is 84.7 Å². The Morgan fingerprint density at radius 1 is 1.22 bits per heavy atom. The Morgan fingerprint density at radius 3 is 2.62 bits per heavy atom. The summed E-state index contributed by atoms with van der Waals surface area (Å²) in [5, 5.41) is 12.6. The van der Waals surface area contributed by atoms with Gasteiger partial charge in [0.05, 0.1) is 25.4 Å². The summed E-state index contributed by atoms with van der Waals surface area (Å²) in [6.45, 7) is 18.3. The number of hydrogen-bond donors (Lipinski definition) is 1. The fourth-order valence-corrected chi connectivity index (χ4v) is 5.56. The predicted octanol–water partition coefficient (Wildman–Crippen LogP) is 5.97. The van der Waals surface area contributed by atoms with Gasteiger partial charge in [0, 0.05) is 30.4 Å². The zero-order chi connectivity index (χ0) is 27.0. The van der Waals surface area contributed by atoms with E-state index in [0.717, 1.165) is 40.3 Å². The maximum absolute atomic E-state index is 12.5. The Bertz CT molecular complexity index is 1250. The second-order valence-corrected chi connectivity index (χ2v) is 16.4. The number of fused-ring (bicyclic) bond motifs is 1. The van der Waals surface area contributed by atoms with Crippen LogP contribution in [0.4, 0.5) is 11.5 Å². The second-order valence-electron chi connectivity index (χ2n) is 11.6. The molecule has 2 aromatic heterocycles. The number of aryl methyl sites for hydroxylation is 1. The molecule has 1 amide bonds. The van der Waals surface area contributed by atoms with Gasteiger partial charge in [-0.2, -0.15) is 0 Å². The summed E-state index contributed by atoms with van der Waals surface area (Å²) < 4.78 is 8.15. The Kier molecular flexibility index (Phi) is 7.57. The first-order valence-electron chi connectivity index (χ1n) is 13.0. The molecule has 3 aromatic rings. The Labute approximate surface area is 221 Å². The van der Waals surface area contributed by atoms with E-state index in [4.69, 9.17) is 4.43 Å². The molecular formula is C28H40N6O2Si. The molecule has 0 radical (unpaired) electrons. The quantitative estimate of drug-likeness (QED) is 0.387. The maximum atomic E-state index is 12.5. The molecule has 9 heteroatoms. The van der Waals surface area contributed by atoms with Crippen molar-refractivity contribution < 1.29 is 9.22 Å². The van der Waals surface area contributed by atoms with Gasteiger partial charge in [0.1, 0.15) is 11.5 Å². The van der Waals surface area contributed by atoms with Crippen LogP contribution in [0.25, 0.3) is 11.3 Å². The van der Waals surface area contributed by atoms with Gasteiger partial charge in [0.25, 0.3) is 0 Å². The zero-order valence-corrected chi connectivity index (χ0v) is 24.4. The molecule has 1 aliphatic rings. The minimum atomic E-state index is -1.80. The zero-order valence-electron chi connectivity index (χ0n) is 23.4. The summed E-state index contributed by atoms with van der Waals surface area (Å²) in [6.07, 6.45) is 4.61. The first kappa shape index (κ1) is 27.0. The third-order valence-corrected chi connectivity index (χ3v) is 12.2. The minimum Gasteiger partial charge on any atom is -0.415 e. The molecule has 0 spiro atoms. The third kappa shape index (κ3) is 5.93. The average molecular weight is 521 g/mol. The number of carbonyl (C=O) groups excluding carboxylic acids is 1. The number of carbonyl (C=O) groups is 1. The molecule has 0 saturated carbocycles. The smallest absolute Gasteiger partial charge is 0.224 e. The maximum Gasteiger partial charge on any atom is 0.224 e. The van der Waals surface area contributed by atoms with Crippen LogP contribution in [0.15, 0.2) is 42.7 Å². The Hall–Kier alpha value is -3.04. The van der Waals surface area contributed by atoms with Crippen molar-refractivity contribution in [3.63, 3.8) is 0 Å². The number of nitrogens with one attached hydrogen (secondary N) is 1. The second kappa shape index (κ2) is 10.4. The lowest BCUT2D eigenvalue weighted by molar-refractivity contribution is -0.117. The van der Waals surface area contributed by atoms with E-state index in [0.29, 0.717) is 13.2 Å². The van der Waals surface area contributed by atoms with Crippen molar-refractivity contribution in [3.05, 3.63) is 53.9 Å². The molecule has 0 fully saturated rings. The van der Waals surface area contributed by atoms with Crippen LogP contribution in [0.2, 0.25) is 18.1 Å². The largest absolute Gasteiger partial charge is 0.415 e. The van der Waals surface area contributed by atoms with E-state index >= 15 is 0 Å². The van der Waals surface area contributed by atoms with E-state index in [2.05, 4.69) is 67.5 Å². The van der Waals surface area contributed by atoms with Crippen LogP contribution in [-0.4, -0.2) is 46.9 Å². The van der Waals surface area contributed by atoms with Crippen LogP contribution < -0.4 is 10.2 Å². The van der Waals surface area contributed by atoms with Crippen LogP contribution >= 0.6 is 0 Å². The van der Waals surface area contributed by atoms with E-state index in [1.165, 1.54) is 0 Å². The van der Waals surface area contributed by atoms with Gasteiger partial charge in [-0.25, -0.2) is 9.67 Å². The standard InChI is InChI=1S/C28H40N6O2Si/c1-19-9-12-27(29-17-19)30-24-15-20(2)34(21(3)35)26-11-10-22(16-23(24)26)25-18-33(32-31-25)13-14-36-37(7,8)28(4,5)6/h9-12,16-18,20,24H,13-15H2,1-8H3,(H,29,30)/t20-,24+/m0/s1. The van der Waals surface area contributed by atoms with Crippen LogP contribution in [0.1, 0.15) is 58.2 Å². The number of hydrogen-bond acceptors (Lipinski definition) is 6. The molecular weight excluding hydrogens is 480 g/mol. The summed E-state index contributed by atoms with van der Waals surface area (Å²) in [6, 6.07) is 10.3. The molecule has 1 aliphatic heterocycles. The van der Waals surface area contributed by atoms with E-state index in [1.54, 1.807) is 6.92 Å². The number of nitrogens with zero attached hydrogens (tertiary/aromatic N) is 5. The van der Waals surface area contributed by atoms with Gasteiger partial charge in [-0.15, -0.1) is 5.10 Å². The van der Waals surface area contributed by atoms with Crippen molar-refractivity contribution >= 4 is 25.7 Å². The van der Waals surface area contributed by atoms with E-state index in [-0.39, 0.29) is 23.0 Å². The summed E-state index contributed by atoms with van der Waals surface area (Å²) in [4.78, 5) is 19.0. The molecule has 2 atom stereocenters. The van der Waals surface area contributed by atoms with Crippen molar-refractivity contribution in [1.29, 1.82) is 0 Å². The molecule has 0 unspecified atom stereocenters. The molecule has 0 saturated heterocycles. The van der Waals surface area contributed by atoms with Gasteiger partial charge in [-0.1, -0.05) is 38.1 Å². The Morgan fingerprint density at radius 2 is 1.97 bits per heavy atom. The lowest BCUT2D eigenvalue weighted by atomic mass is 9.89. The van der Waals surface area contributed by atoms with Gasteiger partial charge in [-0.3, -0.25) is 4.79 Å². The van der Waals surface area contributed by atoms with Gasteiger partial charge >= 0.3 is 0 Å².